The van der Waals surface area contributed by atoms with E-state index in [1.54, 1.807) is 18.3 Å². The Kier molecular flexibility index (Phi) is 6.58. The first kappa shape index (κ1) is 13.9. The molecule has 1 rings (SSSR count). The zero-order valence-corrected chi connectivity index (χ0v) is 10.7. The summed E-state index contributed by atoms with van der Waals surface area (Å²) in [4.78, 5) is 15.8. The van der Waals surface area contributed by atoms with Gasteiger partial charge in [-0.25, -0.2) is 0 Å². The van der Waals surface area contributed by atoms with Crippen molar-refractivity contribution in [1.29, 1.82) is 0 Å². The molecule has 5 heteroatoms. The highest BCUT2D eigenvalue weighted by atomic mass is 35.5. The smallest absolute Gasteiger partial charge is 0.253 e. The summed E-state index contributed by atoms with van der Waals surface area (Å²) in [6.45, 7) is 3.57. The van der Waals surface area contributed by atoms with E-state index in [1.165, 1.54) is 0 Å². The lowest BCUT2D eigenvalue weighted by Crippen LogP contribution is -2.26. The lowest BCUT2D eigenvalue weighted by molar-refractivity contribution is 0.0943. The van der Waals surface area contributed by atoms with Crippen molar-refractivity contribution in [2.45, 2.75) is 13.3 Å². The molecule has 17 heavy (non-hydrogen) atoms. The molecule has 0 aliphatic carbocycles. The van der Waals surface area contributed by atoms with E-state index in [1.807, 2.05) is 6.92 Å². The Morgan fingerprint density at radius 3 is 3.06 bits per heavy atom. The average Bonchev–Trinajstić information content (AvgIpc) is 2.34. The van der Waals surface area contributed by atoms with E-state index in [0.717, 1.165) is 12.1 Å². The number of pyridine rings is 1. The zero-order valence-electron chi connectivity index (χ0n) is 9.91. The van der Waals surface area contributed by atoms with E-state index in [4.69, 9.17) is 16.3 Å². The van der Waals surface area contributed by atoms with Crippen LogP contribution in [0.15, 0.2) is 18.3 Å². The highest BCUT2D eigenvalue weighted by Crippen LogP contribution is 2.02. The van der Waals surface area contributed by atoms with Crippen LogP contribution in [-0.4, -0.2) is 36.5 Å². The summed E-state index contributed by atoms with van der Waals surface area (Å²) >= 11 is 5.46. The van der Waals surface area contributed by atoms with Crippen molar-refractivity contribution in [3.8, 4) is 0 Å². The number of carbonyl (C=O) groups is 1. The number of rotatable bonds is 7. The van der Waals surface area contributed by atoms with E-state index in [9.17, 15) is 4.79 Å². The predicted molar refractivity (Wildman–Crippen MR) is 67.5 cm³/mol. The molecule has 4 nitrogen and oxygen atoms in total. The number of halogens is 1. The number of nitrogens with one attached hydrogen (secondary N) is 1. The number of aromatic nitrogens is 1. The van der Waals surface area contributed by atoms with Gasteiger partial charge in [-0.2, -0.15) is 0 Å². The van der Waals surface area contributed by atoms with Gasteiger partial charge in [-0.15, -0.1) is 11.6 Å². The Morgan fingerprint density at radius 1 is 1.53 bits per heavy atom. The van der Waals surface area contributed by atoms with Gasteiger partial charge in [0.05, 0.1) is 12.2 Å². The van der Waals surface area contributed by atoms with Gasteiger partial charge in [0, 0.05) is 30.9 Å². The fourth-order valence-electron chi connectivity index (χ4n) is 1.35. The van der Waals surface area contributed by atoms with Crippen LogP contribution in [-0.2, 0) is 4.74 Å². The van der Waals surface area contributed by atoms with Crippen molar-refractivity contribution >= 4 is 17.5 Å². The van der Waals surface area contributed by atoms with Gasteiger partial charge in [0.1, 0.15) is 0 Å². The Balaban J connectivity index is 2.24. The van der Waals surface area contributed by atoms with Crippen molar-refractivity contribution in [2.24, 2.45) is 0 Å². The molecule has 0 atom stereocenters. The molecule has 1 aromatic heterocycles. The lowest BCUT2D eigenvalue weighted by Gasteiger charge is -2.06. The Hall–Kier alpha value is -1.13. The van der Waals surface area contributed by atoms with Crippen LogP contribution in [0.2, 0.25) is 0 Å². The molecule has 1 N–H and O–H groups in total. The van der Waals surface area contributed by atoms with Crippen LogP contribution < -0.4 is 5.32 Å². The molecule has 0 saturated carbocycles. The molecule has 0 radical (unpaired) electrons. The maximum Gasteiger partial charge on any atom is 0.253 e. The first-order chi connectivity index (χ1) is 8.25. The molecule has 0 bridgehead atoms. The van der Waals surface area contributed by atoms with Gasteiger partial charge in [0.2, 0.25) is 0 Å². The monoisotopic (exact) mass is 256 g/mol. The average molecular weight is 257 g/mol. The topological polar surface area (TPSA) is 51.2 Å². The molecule has 0 aliphatic heterocycles. The van der Waals surface area contributed by atoms with Crippen LogP contribution in [0.1, 0.15) is 22.5 Å². The number of hydrogen-bond acceptors (Lipinski definition) is 3. The van der Waals surface area contributed by atoms with Gasteiger partial charge in [-0.3, -0.25) is 9.78 Å². The van der Waals surface area contributed by atoms with E-state index in [2.05, 4.69) is 10.3 Å². The number of carbonyl (C=O) groups excluding carboxylic acids is 1. The maximum atomic E-state index is 11.7. The van der Waals surface area contributed by atoms with E-state index >= 15 is 0 Å². The second-order valence-corrected chi connectivity index (χ2v) is 3.93. The fraction of sp³-hybridized carbons (Fsp3) is 0.500. The Morgan fingerprint density at radius 2 is 2.35 bits per heavy atom. The molecule has 1 heterocycles. The highest BCUT2D eigenvalue weighted by molar-refractivity contribution is 6.17. The molecule has 1 amide bonds. The van der Waals surface area contributed by atoms with Gasteiger partial charge in [0.15, 0.2) is 0 Å². The van der Waals surface area contributed by atoms with Crippen LogP contribution in [0.25, 0.3) is 0 Å². The summed E-state index contributed by atoms with van der Waals surface area (Å²) in [6.07, 6.45) is 2.45. The molecular formula is C12H17ClN2O2. The Bertz CT molecular complexity index is 358. The SMILES string of the molecule is Cc1ncccc1C(=O)NCCCOCCCl. The lowest BCUT2D eigenvalue weighted by atomic mass is 10.2. The fourth-order valence-corrected chi connectivity index (χ4v) is 1.46. The minimum absolute atomic E-state index is 0.0899. The molecular weight excluding hydrogens is 240 g/mol. The zero-order chi connectivity index (χ0) is 12.5. The van der Waals surface area contributed by atoms with E-state index < -0.39 is 0 Å². The minimum Gasteiger partial charge on any atom is -0.380 e. The summed E-state index contributed by atoms with van der Waals surface area (Å²) in [5.74, 6) is 0.411. The van der Waals surface area contributed by atoms with Crippen LogP contribution in [0.5, 0.6) is 0 Å². The predicted octanol–water partition coefficient (Wildman–Crippen LogP) is 1.77. The van der Waals surface area contributed by atoms with Crippen molar-refractivity contribution < 1.29 is 9.53 Å². The van der Waals surface area contributed by atoms with Crippen molar-refractivity contribution in [3.63, 3.8) is 0 Å². The molecule has 94 valence electrons. The normalized spacial score (nSPS) is 10.2. The van der Waals surface area contributed by atoms with Crippen molar-refractivity contribution in [3.05, 3.63) is 29.6 Å². The summed E-state index contributed by atoms with van der Waals surface area (Å²) in [7, 11) is 0. The van der Waals surface area contributed by atoms with Crippen LogP contribution >= 0.6 is 11.6 Å². The summed E-state index contributed by atoms with van der Waals surface area (Å²) in [5.41, 5.74) is 1.36. The molecule has 0 saturated heterocycles. The van der Waals surface area contributed by atoms with Crippen LogP contribution in [0, 0.1) is 6.92 Å². The van der Waals surface area contributed by atoms with E-state index in [-0.39, 0.29) is 5.91 Å². The molecule has 0 spiro atoms. The van der Waals surface area contributed by atoms with Gasteiger partial charge in [-0.1, -0.05) is 0 Å². The number of ether oxygens (including phenoxy) is 1. The maximum absolute atomic E-state index is 11.7. The van der Waals surface area contributed by atoms with Crippen molar-refractivity contribution in [2.75, 3.05) is 25.6 Å². The molecule has 0 fully saturated rings. The van der Waals surface area contributed by atoms with Crippen LogP contribution in [0.3, 0.4) is 0 Å². The van der Waals surface area contributed by atoms with Gasteiger partial charge in [0.25, 0.3) is 5.91 Å². The third-order valence-electron chi connectivity index (χ3n) is 2.22. The van der Waals surface area contributed by atoms with Gasteiger partial charge in [-0.05, 0) is 25.5 Å². The van der Waals surface area contributed by atoms with Gasteiger partial charge < -0.3 is 10.1 Å². The second kappa shape index (κ2) is 8.03. The molecule has 0 aliphatic rings. The molecule has 0 aromatic carbocycles. The number of nitrogens with zero attached hydrogens (tertiary/aromatic N) is 1. The summed E-state index contributed by atoms with van der Waals surface area (Å²) in [5, 5.41) is 2.82. The quantitative estimate of drug-likeness (QED) is 0.598. The number of aryl methyl sites for hydroxylation is 1. The number of amides is 1. The second-order valence-electron chi connectivity index (χ2n) is 3.55. The Labute approximate surface area is 106 Å². The standard InChI is InChI=1S/C12H17ClN2O2/c1-10-11(4-2-6-14-10)12(16)15-7-3-8-17-9-5-13/h2,4,6H,3,5,7-9H2,1H3,(H,15,16). The third kappa shape index (κ3) is 5.15. The molecule has 0 unspecified atom stereocenters. The number of hydrogen-bond donors (Lipinski definition) is 1. The van der Waals surface area contributed by atoms with Gasteiger partial charge >= 0.3 is 0 Å². The van der Waals surface area contributed by atoms with Crippen molar-refractivity contribution in [1.82, 2.24) is 10.3 Å². The third-order valence-corrected chi connectivity index (χ3v) is 2.38. The molecule has 1 aromatic rings. The first-order valence-corrected chi connectivity index (χ1v) is 6.12. The largest absolute Gasteiger partial charge is 0.380 e. The minimum atomic E-state index is -0.0899. The van der Waals surface area contributed by atoms with Crippen LogP contribution in [0.4, 0.5) is 0 Å². The summed E-state index contributed by atoms with van der Waals surface area (Å²) in [6, 6.07) is 3.52. The highest BCUT2D eigenvalue weighted by Gasteiger charge is 2.07. The first-order valence-electron chi connectivity index (χ1n) is 5.59. The number of alkyl halides is 1. The summed E-state index contributed by atoms with van der Waals surface area (Å²) < 4.78 is 5.20. The van der Waals surface area contributed by atoms with E-state index in [0.29, 0.717) is 31.2 Å².